The van der Waals surface area contributed by atoms with E-state index >= 15 is 0 Å². The molecule has 0 atom stereocenters. The highest BCUT2D eigenvalue weighted by Gasteiger charge is 2.19. The number of hydrogen-bond donors (Lipinski definition) is 3. The van der Waals surface area contributed by atoms with Crippen molar-refractivity contribution in [1.29, 1.82) is 0 Å². The first kappa shape index (κ1) is 20.3. The number of carbonyl (C=O) groups excluding carboxylic acids is 1. The Morgan fingerprint density at radius 2 is 1.85 bits per heavy atom. The van der Waals surface area contributed by atoms with Gasteiger partial charge in [-0.1, -0.05) is 32.9 Å². The van der Waals surface area contributed by atoms with Crippen LogP contribution >= 0.6 is 0 Å². The van der Waals surface area contributed by atoms with Crippen LogP contribution in [-0.2, 0) is 23.2 Å². The first-order valence-electron chi connectivity index (χ1n) is 8.65. The Bertz CT molecular complexity index is 775. The summed E-state index contributed by atoms with van der Waals surface area (Å²) in [6.45, 7) is 7.26. The minimum absolute atomic E-state index is 0.0694. The molecule has 0 saturated heterocycles. The molecule has 0 unspecified atom stereocenters. The van der Waals surface area contributed by atoms with Crippen molar-refractivity contribution >= 4 is 17.7 Å². The Balaban J connectivity index is 1.83. The largest absolute Gasteiger partial charge is 0.453 e. The highest BCUT2D eigenvalue weighted by molar-refractivity contribution is 5.84. The molecule has 0 aliphatic rings. The Kier molecular flexibility index (Phi) is 6.81. The molecule has 0 aliphatic carbocycles. The van der Waals surface area contributed by atoms with Crippen molar-refractivity contribution in [1.82, 2.24) is 15.6 Å². The van der Waals surface area contributed by atoms with E-state index < -0.39 is 6.09 Å². The lowest BCUT2D eigenvalue weighted by Gasteiger charge is -2.13. The van der Waals surface area contributed by atoms with Crippen LogP contribution in [0, 0.1) is 0 Å². The highest BCUT2D eigenvalue weighted by atomic mass is 16.5. The van der Waals surface area contributed by atoms with E-state index in [2.05, 4.69) is 51.4 Å². The van der Waals surface area contributed by atoms with Crippen molar-refractivity contribution in [3.8, 4) is 0 Å². The number of oxazole rings is 1. The minimum atomic E-state index is -0.494. The van der Waals surface area contributed by atoms with Crippen LogP contribution in [0.15, 0.2) is 39.9 Å². The van der Waals surface area contributed by atoms with Crippen molar-refractivity contribution in [3.05, 3.63) is 47.7 Å². The van der Waals surface area contributed by atoms with Gasteiger partial charge in [0, 0.05) is 24.7 Å². The maximum Gasteiger partial charge on any atom is 0.411 e. The Morgan fingerprint density at radius 3 is 2.41 bits per heavy atom. The average Bonchev–Trinajstić information content (AvgIpc) is 3.12. The van der Waals surface area contributed by atoms with Crippen LogP contribution in [0.4, 0.5) is 10.5 Å². The van der Waals surface area contributed by atoms with Crippen LogP contribution in [0.2, 0.25) is 0 Å². The number of methoxy groups -OCH3 is 1. The van der Waals surface area contributed by atoms with Gasteiger partial charge in [-0.25, -0.2) is 9.78 Å². The van der Waals surface area contributed by atoms with Crippen LogP contribution in [0.5, 0.6) is 0 Å². The fraction of sp³-hybridized carbons (Fsp3) is 0.421. The fourth-order valence-corrected chi connectivity index (χ4v) is 2.18. The summed E-state index contributed by atoms with van der Waals surface area (Å²) in [5.74, 6) is 2.10. The summed E-state index contributed by atoms with van der Waals surface area (Å²) >= 11 is 0. The highest BCUT2D eigenvalue weighted by Crippen LogP contribution is 2.22. The molecule has 2 aromatic rings. The molecular weight excluding hydrogens is 346 g/mol. The van der Waals surface area contributed by atoms with Gasteiger partial charge in [0.15, 0.2) is 5.96 Å². The average molecular weight is 373 g/mol. The van der Waals surface area contributed by atoms with Crippen molar-refractivity contribution in [2.45, 2.75) is 39.3 Å². The van der Waals surface area contributed by atoms with Crippen LogP contribution in [0.1, 0.15) is 38.0 Å². The third-order valence-electron chi connectivity index (χ3n) is 3.77. The molecule has 0 spiro atoms. The number of nitrogens with one attached hydrogen (secondary N) is 3. The SMILES string of the molecule is CN=C(NCc1ccc(NC(=O)OC)cc1)NCc1ncc(C(C)(C)C)o1. The smallest absolute Gasteiger partial charge is 0.411 e. The van der Waals surface area contributed by atoms with Crippen LogP contribution in [0.3, 0.4) is 0 Å². The molecule has 2 rings (SSSR count). The van der Waals surface area contributed by atoms with Gasteiger partial charge in [0.2, 0.25) is 5.89 Å². The summed E-state index contributed by atoms with van der Waals surface area (Å²) in [4.78, 5) is 19.7. The van der Waals surface area contributed by atoms with Crippen molar-refractivity contribution in [3.63, 3.8) is 0 Å². The number of aliphatic imine (C=N–C) groups is 1. The zero-order valence-electron chi connectivity index (χ0n) is 16.4. The second-order valence-corrected chi connectivity index (χ2v) is 6.96. The number of benzene rings is 1. The predicted octanol–water partition coefficient (Wildman–Crippen LogP) is 3.02. The van der Waals surface area contributed by atoms with Gasteiger partial charge in [-0.3, -0.25) is 10.3 Å². The molecule has 1 amide bonds. The maximum absolute atomic E-state index is 11.2. The molecule has 0 fully saturated rings. The standard InChI is InChI=1S/C19H27N5O3/c1-19(2,3)15-11-21-16(27-15)12-23-17(20-4)22-10-13-6-8-14(9-7-13)24-18(25)26-5/h6-9,11H,10,12H2,1-5H3,(H,24,25)(H2,20,22,23). The van der Waals surface area contributed by atoms with E-state index in [1.54, 1.807) is 13.2 Å². The van der Waals surface area contributed by atoms with E-state index in [0.29, 0.717) is 30.6 Å². The number of aromatic nitrogens is 1. The monoisotopic (exact) mass is 373 g/mol. The van der Waals surface area contributed by atoms with Crippen molar-refractivity contribution < 1.29 is 13.9 Å². The number of nitrogens with zero attached hydrogens (tertiary/aromatic N) is 2. The molecule has 1 aromatic heterocycles. The summed E-state index contributed by atoms with van der Waals surface area (Å²) < 4.78 is 10.3. The molecule has 146 valence electrons. The van der Waals surface area contributed by atoms with Crippen LogP contribution in [0.25, 0.3) is 0 Å². The molecule has 0 radical (unpaired) electrons. The number of anilines is 1. The quantitative estimate of drug-likeness (QED) is 0.550. The van der Waals surface area contributed by atoms with Crippen LogP contribution in [-0.4, -0.2) is 31.2 Å². The second-order valence-electron chi connectivity index (χ2n) is 6.96. The number of amides is 1. The number of ether oxygens (including phenoxy) is 1. The molecule has 3 N–H and O–H groups in total. The lowest BCUT2D eigenvalue weighted by molar-refractivity contribution is 0.187. The molecule has 8 nitrogen and oxygen atoms in total. The number of rotatable bonds is 5. The molecule has 1 heterocycles. The van der Waals surface area contributed by atoms with Gasteiger partial charge >= 0.3 is 6.09 Å². The van der Waals surface area contributed by atoms with E-state index in [1.165, 1.54) is 7.11 Å². The molecule has 8 heteroatoms. The summed E-state index contributed by atoms with van der Waals surface area (Å²) in [5.41, 5.74) is 1.64. The summed E-state index contributed by atoms with van der Waals surface area (Å²) in [6.07, 6.45) is 1.27. The van der Waals surface area contributed by atoms with E-state index in [9.17, 15) is 4.79 Å². The van der Waals surface area contributed by atoms with Crippen LogP contribution < -0.4 is 16.0 Å². The van der Waals surface area contributed by atoms with Gasteiger partial charge in [0.25, 0.3) is 0 Å². The summed E-state index contributed by atoms with van der Waals surface area (Å²) in [5, 5.41) is 9.01. The Morgan fingerprint density at radius 1 is 1.19 bits per heavy atom. The normalized spacial score (nSPS) is 11.8. The van der Waals surface area contributed by atoms with Gasteiger partial charge in [-0.2, -0.15) is 0 Å². The van der Waals surface area contributed by atoms with Gasteiger partial charge in [-0.15, -0.1) is 0 Å². The first-order chi connectivity index (χ1) is 12.8. The van der Waals surface area contributed by atoms with E-state index in [4.69, 9.17) is 4.42 Å². The molecular formula is C19H27N5O3. The van der Waals surface area contributed by atoms with Gasteiger partial charge in [0.1, 0.15) is 5.76 Å². The molecule has 0 bridgehead atoms. The van der Waals surface area contributed by atoms with Crippen molar-refractivity contribution in [2.24, 2.45) is 4.99 Å². The molecule has 27 heavy (non-hydrogen) atoms. The Labute approximate surface area is 159 Å². The lowest BCUT2D eigenvalue weighted by atomic mass is 9.94. The second kappa shape index (κ2) is 9.07. The van der Waals surface area contributed by atoms with Gasteiger partial charge in [-0.05, 0) is 17.7 Å². The van der Waals surface area contributed by atoms with E-state index in [0.717, 1.165) is 11.3 Å². The number of guanidine groups is 1. The predicted molar refractivity (Wildman–Crippen MR) is 105 cm³/mol. The fourth-order valence-electron chi connectivity index (χ4n) is 2.18. The topological polar surface area (TPSA) is 101 Å². The molecule has 0 saturated carbocycles. The maximum atomic E-state index is 11.2. The third-order valence-corrected chi connectivity index (χ3v) is 3.77. The minimum Gasteiger partial charge on any atom is -0.453 e. The molecule has 1 aromatic carbocycles. The van der Waals surface area contributed by atoms with Crippen molar-refractivity contribution in [2.75, 3.05) is 19.5 Å². The zero-order valence-corrected chi connectivity index (χ0v) is 16.4. The van der Waals surface area contributed by atoms with Gasteiger partial charge in [0.05, 0.1) is 19.9 Å². The number of carbonyl (C=O) groups is 1. The Hall–Kier alpha value is -3.03. The van der Waals surface area contributed by atoms with Gasteiger partial charge < -0.3 is 19.8 Å². The van der Waals surface area contributed by atoms with E-state index in [-0.39, 0.29) is 5.41 Å². The van der Waals surface area contributed by atoms with E-state index in [1.807, 2.05) is 24.3 Å². The molecule has 0 aliphatic heterocycles. The summed E-state index contributed by atoms with van der Waals surface area (Å²) in [6, 6.07) is 7.44. The summed E-state index contributed by atoms with van der Waals surface area (Å²) in [7, 11) is 3.03. The first-order valence-corrected chi connectivity index (χ1v) is 8.65. The number of hydrogen-bond acceptors (Lipinski definition) is 5. The lowest BCUT2D eigenvalue weighted by Crippen LogP contribution is -2.36. The zero-order chi connectivity index (χ0) is 19.9. The third kappa shape index (κ3) is 6.32.